The normalized spacial score (nSPS) is 27.6. The lowest BCUT2D eigenvalue weighted by molar-refractivity contribution is 0.0944. The second kappa shape index (κ2) is 5.41. The predicted octanol–water partition coefficient (Wildman–Crippen LogP) is 1.89. The number of rotatable bonds is 3. The first-order chi connectivity index (χ1) is 7.81. The van der Waals surface area contributed by atoms with E-state index in [4.69, 9.17) is 0 Å². The van der Waals surface area contributed by atoms with Gasteiger partial charge in [0.05, 0.1) is 5.69 Å². The van der Waals surface area contributed by atoms with E-state index in [1.165, 1.54) is 12.8 Å². The summed E-state index contributed by atoms with van der Waals surface area (Å²) in [6, 6.07) is 5.85. The van der Waals surface area contributed by atoms with Gasteiger partial charge in [-0.25, -0.2) is 0 Å². The average molecular weight is 220 g/mol. The van der Waals surface area contributed by atoms with Crippen LogP contribution >= 0.6 is 0 Å². The molecule has 0 spiro atoms. The highest BCUT2D eigenvalue weighted by Crippen LogP contribution is 2.26. The van der Waals surface area contributed by atoms with E-state index < -0.39 is 6.10 Å². The minimum Gasteiger partial charge on any atom is -0.385 e. The van der Waals surface area contributed by atoms with Crippen LogP contribution in [-0.4, -0.2) is 22.7 Å². The number of nitrogens with one attached hydrogen (secondary N) is 1. The highest BCUT2D eigenvalue weighted by molar-refractivity contribution is 5.09. The zero-order chi connectivity index (χ0) is 11.4. The lowest BCUT2D eigenvalue weighted by atomic mass is 9.87. The molecule has 1 aliphatic heterocycles. The third-order valence-electron chi connectivity index (χ3n) is 3.50. The Morgan fingerprint density at radius 2 is 2.44 bits per heavy atom. The highest BCUT2D eigenvalue weighted by atomic mass is 16.3. The summed E-state index contributed by atoms with van der Waals surface area (Å²) >= 11 is 0. The highest BCUT2D eigenvalue weighted by Gasteiger charge is 2.27. The predicted molar refractivity (Wildman–Crippen MR) is 64.0 cm³/mol. The first-order valence-electron chi connectivity index (χ1n) is 6.13. The maximum absolute atomic E-state index is 10.2. The molecular formula is C13H20N2O. The molecular weight excluding hydrogens is 200 g/mol. The molecule has 3 atom stereocenters. The van der Waals surface area contributed by atoms with Gasteiger partial charge in [-0.15, -0.1) is 0 Å². The lowest BCUT2D eigenvalue weighted by Gasteiger charge is -2.32. The molecule has 1 aromatic rings. The molecule has 16 heavy (non-hydrogen) atoms. The summed E-state index contributed by atoms with van der Waals surface area (Å²) in [5, 5.41) is 13.6. The Balaban J connectivity index is 2.01. The average Bonchev–Trinajstić information content (AvgIpc) is 2.39. The van der Waals surface area contributed by atoms with Crippen LogP contribution in [0.15, 0.2) is 24.4 Å². The summed E-state index contributed by atoms with van der Waals surface area (Å²) < 4.78 is 0. The summed E-state index contributed by atoms with van der Waals surface area (Å²) in [6.07, 6.45) is 4.73. The number of aliphatic hydroxyl groups excluding tert-OH is 1. The molecule has 1 aliphatic rings. The largest absolute Gasteiger partial charge is 0.385 e. The molecule has 0 bridgehead atoms. The molecule has 2 N–H and O–H groups in total. The fourth-order valence-electron chi connectivity index (χ4n) is 2.40. The molecule has 2 rings (SSSR count). The second-order valence-corrected chi connectivity index (χ2v) is 4.56. The fraction of sp³-hybridized carbons (Fsp3) is 0.615. The van der Waals surface area contributed by atoms with Crippen LogP contribution in [0.4, 0.5) is 0 Å². The van der Waals surface area contributed by atoms with Crippen LogP contribution in [0.25, 0.3) is 0 Å². The van der Waals surface area contributed by atoms with Crippen LogP contribution in [0.1, 0.15) is 38.0 Å². The van der Waals surface area contributed by atoms with Gasteiger partial charge in [0.2, 0.25) is 0 Å². The first kappa shape index (κ1) is 11.6. The summed E-state index contributed by atoms with van der Waals surface area (Å²) in [5.41, 5.74) is 0.775. The van der Waals surface area contributed by atoms with Crippen molar-refractivity contribution in [3.8, 4) is 0 Å². The maximum Gasteiger partial charge on any atom is 0.111 e. The first-order valence-corrected chi connectivity index (χ1v) is 6.13. The van der Waals surface area contributed by atoms with Gasteiger partial charge in [0.1, 0.15) is 6.10 Å². The number of hydrogen-bond donors (Lipinski definition) is 2. The topological polar surface area (TPSA) is 45.1 Å². The van der Waals surface area contributed by atoms with Crippen LogP contribution in [0, 0.1) is 5.92 Å². The van der Waals surface area contributed by atoms with E-state index in [2.05, 4.69) is 17.2 Å². The summed E-state index contributed by atoms with van der Waals surface area (Å²) in [5.74, 6) is 0.740. The Kier molecular flexibility index (Phi) is 3.91. The molecule has 2 heterocycles. The zero-order valence-corrected chi connectivity index (χ0v) is 9.76. The molecule has 1 saturated heterocycles. The van der Waals surface area contributed by atoms with E-state index in [0.717, 1.165) is 24.6 Å². The Morgan fingerprint density at radius 1 is 1.56 bits per heavy atom. The van der Waals surface area contributed by atoms with Gasteiger partial charge in [-0.05, 0) is 37.4 Å². The van der Waals surface area contributed by atoms with Gasteiger partial charge in [0.15, 0.2) is 0 Å². The Hall–Kier alpha value is -0.930. The van der Waals surface area contributed by atoms with Gasteiger partial charge < -0.3 is 10.4 Å². The molecule has 88 valence electrons. The molecule has 3 nitrogen and oxygen atoms in total. The standard InChI is InChI=1S/C13H20N2O/c1-2-10-6-8-15-12(9-10)13(16)11-5-3-4-7-14-11/h3-5,7,10,12-13,15-16H,2,6,8-9H2,1H3. The van der Waals surface area contributed by atoms with Gasteiger partial charge >= 0.3 is 0 Å². The van der Waals surface area contributed by atoms with Crippen molar-refractivity contribution in [3.63, 3.8) is 0 Å². The molecule has 1 aromatic heterocycles. The van der Waals surface area contributed by atoms with E-state index in [1.807, 2.05) is 18.2 Å². The number of nitrogens with zero attached hydrogens (tertiary/aromatic N) is 1. The molecule has 0 amide bonds. The van der Waals surface area contributed by atoms with Crippen LogP contribution < -0.4 is 5.32 Å². The van der Waals surface area contributed by atoms with E-state index in [0.29, 0.717) is 0 Å². The summed E-state index contributed by atoms with van der Waals surface area (Å²) in [7, 11) is 0. The molecule has 0 saturated carbocycles. The van der Waals surface area contributed by atoms with Crippen LogP contribution in [-0.2, 0) is 0 Å². The Morgan fingerprint density at radius 3 is 3.12 bits per heavy atom. The minimum atomic E-state index is -0.476. The van der Waals surface area contributed by atoms with Gasteiger partial charge in [0.25, 0.3) is 0 Å². The van der Waals surface area contributed by atoms with Gasteiger partial charge in [-0.1, -0.05) is 19.4 Å². The van der Waals surface area contributed by atoms with Crippen molar-refractivity contribution in [2.45, 2.75) is 38.3 Å². The SMILES string of the molecule is CCC1CCNC(C(O)c2ccccn2)C1. The monoisotopic (exact) mass is 220 g/mol. The van der Waals surface area contributed by atoms with Gasteiger partial charge in [-0.2, -0.15) is 0 Å². The van der Waals surface area contributed by atoms with Crippen molar-refractivity contribution >= 4 is 0 Å². The molecule has 1 fully saturated rings. The van der Waals surface area contributed by atoms with Crippen LogP contribution in [0.5, 0.6) is 0 Å². The maximum atomic E-state index is 10.2. The molecule has 0 aliphatic carbocycles. The number of pyridine rings is 1. The second-order valence-electron chi connectivity index (χ2n) is 4.56. The molecule has 0 aromatic carbocycles. The van der Waals surface area contributed by atoms with Crippen molar-refractivity contribution in [2.75, 3.05) is 6.54 Å². The fourth-order valence-corrected chi connectivity index (χ4v) is 2.40. The van der Waals surface area contributed by atoms with Gasteiger partial charge in [-0.3, -0.25) is 4.98 Å². The quantitative estimate of drug-likeness (QED) is 0.817. The van der Waals surface area contributed by atoms with Gasteiger partial charge in [0, 0.05) is 12.2 Å². The molecule has 3 unspecified atom stereocenters. The smallest absolute Gasteiger partial charge is 0.111 e. The van der Waals surface area contributed by atoms with Crippen LogP contribution in [0.3, 0.4) is 0 Å². The molecule has 0 radical (unpaired) electrons. The third kappa shape index (κ3) is 2.60. The minimum absolute atomic E-state index is 0.161. The number of aliphatic hydroxyl groups is 1. The number of hydrogen-bond acceptors (Lipinski definition) is 3. The van der Waals surface area contributed by atoms with Crippen molar-refractivity contribution in [3.05, 3.63) is 30.1 Å². The van der Waals surface area contributed by atoms with Crippen LogP contribution in [0.2, 0.25) is 0 Å². The molecule has 3 heteroatoms. The van der Waals surface area contributed by atoms with Crippen molar-refractivity contribution in [1.29, 1.82) is 0 Å². The van der Waals surface area contributed by atoms with E-state index in [-0.39, 0.29) is 6.04 Å². The van der Waals surface area contributed by atoms with E-state index in [1.54, 1.807) is 6.20 Å². The number of piperidine rings is 1. The van der Waals surface area contributed by atoms with Crippen molar-refractivity contribution < 1.29 is 5.11 Å². The lowest BCUT2D eigenvalue weighted by Crippen LogP contribution is -2.42. The third-order valence-corrected chi connectivity index (χ3v) is 3.50. The Labute approximate surface area is 96.9 Å². The van der Waals surface area contributed by atoms with Crippen molar-refractivity contribution in [1.82, 2.24) is 10.3 Å². The number of aromatic nitrogens is 1. The summed E-state index contributed by atoms with van der Waals surface area (Å²) in [6.45, 7) is 3.23. The Bertz CT molecular complexity index is 315. The van der Waals surface area contributed by atoms with E-state index >= 15 is 0 Å². The van der Waals surface area contributed by atoms with Crippen molar-refractivity contribution in [2.24, 2.45) is 5.92 Å². The van der Waals surface area contributed by atoms with E-state index in [9.17, 15) is 5.11 Å². The zero-order valence-electron chi connectivity index (χ0n) is 9.76. The summed E-state index contributed by atoms with van der Waals surface area (Å²) in [4.78, 5) is 4.21.